The maximum Gasteiger partial charge on any atom is 0.0400 e. The van der Waals surface area contributed by atoms with Gasteiger partial charge in [0.25, 0.3) is 0 Å². The van der Waals surface area contributed by atoms with E-state index < -0.39 is 0 Å². The van der Waals surface area contributed by atoms with Gasteiger partial charge in [-0.3, -0.25) is 0 Å². The van der Waals surface area contributed by atoms with Gasteiger partial charge in [0.15, 0.2) is 0 Å². The summed E-state index contributed by atoms with van der Waals surface area (Å²) in [5.74, 6) is 0.702. The lowest BCUT2D eigenvalue weighted by atomic mass is 10.0. The van der Waals surface area contributed by atoms with Gasteiger partial charge in [-0.15, -0.1) is 0 Å². The van der Waals surface area contributed by atoms with Crippen molar-refractivity contribution in [1.82, 2.24) is 0 Å². The highest BCUT2D eigenvalue weighted by molar-refractivity contribution is 5.46. The fourth-order valence-electron chi connectivity index (χ4n) is 2.07. The Kier molecular flexibility index (Phi) is 4.45. The van der Waals surface area contributed by atoms with Crippen LogP contribution in [0.5, 0.6) is 0 Å². The van der Waals surface area contributed by atoms with Gasteiger partial charge in [0, 0.05) is 17.9 Å². The molecule has 0 amide bonds. The average Bonchev–Trinajstić information content (AvgIpc) is 2.39. The first-order valence-corrected chi connectivity index (χ1v) is 6.81. The van der Waals surface area contributed by atoms with Gasteiger partial charge in [0.1, 0.15) is 0 Å². The molecule has 0 spiro atoms. The van der Waals surface area contributed by atoms with Crippen LogP contribution >= 0.6 is 0 Å². The van der Waals surface area contributed by atoms with Crippen molar-refractivity contribution in [2.45, 2.75) is 26.8 Å². The average molecular weight is 254 g/mol. The zero-order valence-corrected chi connectivity index (χ0v) is 11.7. The van der Waals surface area contributed by atoms with Gasteiger partial charge in [0.2, 0.25) is 0 Å². The smallest absolute Gasteiger partial charge is 0.0400 e. The van der Waals surface area contributed by atoms with E-state index in [2.05, 4.69) is 55.6 Å². The van der Waals surface area contributed by atoms with E-state index in [0.29, 0.717) is 5.92 Å². The first kappa shape index (κ1) is 13.5. The fraction of sp³-hybridized carbons (Fsp3) is 0.294. The molecule has 100 valence electrons. The maximum atomic E-state index is 5.67. The number of anilines is 2. The molecule has 0 heterocycles. The lowest BCUT2D eigenvalue weighted by Crippen LogP contribution is -2.00. The summed E-state index contributed by atoms with van der Waals surface area (Å²) in [5, 5.41) is 3.42. The molecule has 2 aromatic carbocycles. The molecule has 0 radical (unpaired) electrons. The van der Waals surface area contributed by atoms with Crippen molar-refractivity contribution in [1.29, 1.82) is 0 Å². The van der Waals surface area contributed by atoms with Crippen LogP contribution < -0.4 is 11.1 Å². The molecule has 0 aliphatic rings. The van der Waals surface area contributed by atoms with Crippen LogP contribution in [0.3, 0.4) is 0 Å². The van der Waals surface area contributed by atoms with Crippen LogP contribution in [0.25, 0.3) is 0 Å². The van der Waals surface area contributed by atoms with Crippen LogP contribution in [0, 0.1) is 5.92 Å². The zero-order valence-electron chi connectivity index (χ0n) is 11.7. The molecule has 0 aliphatic carbocycles. The number of hydrogen-bond donors (Lipinski definition) is 2. The molecule has 0 atom stereocenters. The van der Waals surface area contributed by atoms with E-state index in [0.717, 1.165) is 24.3 Å². The van der Waals surface area contributed by atoms with Gasteiger partial charge in [-0.05, 0) is 47.7 Å². The summed E-state index contributed by atoms with van der Waals surface area (Å²) in [7, 11) is 0. The Labute approximate surface area is 115 Å². The maximum absolute atomic E-state index is 5.67. The molecule has 0 saturated carbocycles. The highest BCUT2D eigenvalue weighted by Crippen LogP contribution is 2.14. The highest BCUT2D eigenvalue weighted by atomic mass is 14.9. The minimum Gasteiger partial charge on any atom is -0.399 e. The van der Waals surface area contributed by atoms with E-state index in [1.54, 1.807) is 0 Å². The Hall–Kier alpha value is -1.96. The van der Waals surface area contributed by atoms with Crippen LogP contribution in [0.4, 0.5) is 11.4 Å². The molecule has 2 heteroatoms. The molecule has 0 fully saturated rings. The molecular formula is C17H22N2. The van der Waals surface area contributed by atoms with E-state index in [1.807, 2.05) is 12.1 Å². The summed E-state index contributed by atoms with van der Waals surface area (Å²) >= 11 is 0. The molecule has 19 heavy (non-hydrogen) atoms. The standard InChI is InChI=1S/C17H22N2/c1-13(2)11-14-5-9-17(10-6-14)19-12-15-3-7-16(18)8-4-15/h3-10,13,19H,11-12,18H2,1-2H3. The molecule has 0 aromatic heterocycles. The number of nitrogens with two attached hydrogens (primary N) is 1. The van der Waals surface area contributed by atoms with E-state index in [4.69, 9.17) is 5.73 Å². The van der Waals surface area contributed by atoms with Gasteiger partial charge in [-0.2, -0.15) is 0 Å². The molecule has 2 nitrogen and oxygen atoms in total. The third-order valence-corrected chi connectivity index (χ3v) is 3.07. The molecule has 2 aromatic rings. The molecule has 0 aliphatic heterocycles. The van der Waals surface area contributed by atoms with Gasteiger partial charge in [-0.25, -0.2) is 0 Å². The Balaban J connectivity index is 1.91. The van der Waals surface area contributed by atoms with Crippen molar-refractivity contribution in [2.24, 2.45) is 5.92 Å². The van der Waals surface area contributed by atoms with Crippen LogP contribution in [0.1, 0.15) is 25.0 Å². The van der Waals surface area contributed by atoms with Crippen molar-refractivity contribution in [3.8, 4) is 0 Å². The second kappa shape index (κ2) is 6.28. The van der Waals surface area contributed by atoms with E-state index in [9.17, 15) is 0 Å². The third-order valence-electron chi connectivity index (χ3n) is 3.07. The summed E-state index contributed by atoms with van der Waals surface area (Å²) in [6.45, 7) is 5.31. The molecule has 0 bridgehead atoms. The highest BCUT2D eigenvalue weighted by Gasteiger charge is 1.98. The van der Waals surface area contributed by atoms with Crippen molar-refractivity contribution >= 4 is 11.4 Å². The first-order valence-electron chi connectivity index (χ1n) is 6.81. The second-order valence-electron chi connectivity index (χ2n) is 5.39. The van der Waals surface area contributed by atoms with Crippen molar-refractivity contribution in [3.05, 3.63) is 59.7 Å². The Morgan fingerprint density at radius 2 is 1.47 bits per heavy atom. The van der Waals surface area contributed by atoms with Crippen LogP contribution in [-0.2, 0) is 13.0 Å². The number of nitrogens with one attached hydrogen (secondary N) is 1. The number of benzene rings is 2. The Morgan fingerprint density at radius 1 is 0.895 bits per heavy atom. The van der Waals surface area contributed by atoms with Crippen LogP contribution in [-0.4, -0.2) is 0 Å². The summed E-state index contributed by atoms with van der Waals surface area (Å²) in [4.78, 5) is 0. The van der Waals surface area contributed by atoms with E-state index in [-0.39, 0.29) is 0 Å². The largest absolute Gasteiger partial charge is 0.399 e. The predicted molar refractivity (Wildman–Crippen MR) is 83.2 cm³/mol. The van der Waals surface area contributed by atoms with E-state index in [1.165, 1.54) is 11.1 Å². The zero-order chi connectivity index (χ0) is 13.7. The van der Waals surface area contributed by atoms with Gasteiger partial charge >= 0.3 is 0 Å². The third kappa shape index (κ3) is 4.32. The number of nitrogen functional groups attached to an aromatic ring is 1. The van der Waals surface area contributed by atoms with Crippen LogP contribution in [0.2, 0.25) is 0 Å². The summed E-state index contributed by atoms with van der Waals surface area (Å²) < 4.78 is 0. The van der Waals surface area contributed by atoms with Crippen molar-refractivity contribution < 1.29 is 0 Å². The lowest BCUT2D eigenvalue weighted by molar-refractivity contribution is 0.647. The molecule has 2 rings (SSSR count). The van der Waals surface area contributed by atoms with Crippen molar-refractivity contribution in [3.63, 3.8) is 0 Å². The molecular weight excluding hydrogens is 232 g/mol. The first-order chi connectivity index (χ1) is 9.13. The normalized spacial score (nSPS) is 10.7. The van der Waals surface area contributed by atoms with E-state index >= 15 is 0 Å². The van der Waals surface area contributed by atoms with Crippen molar-refractivity contribution in [2.75, 3.05) is 11.1 Å². The number of hydrogen-bond acceptors (Lipinski definition) is 2. The lowest BCUT2D eigenvalue weighted by Gasteiger charge is -2.09. The van der Waals surface area contributed by atoms with Gasteiger partial charge in [-0.1, -0.05) is 38.1 Å². The molecule has 0 unspecified atom stereocenters. The summed E-state index contributed by atoms with van der Waals surface area (Å²) in [5.41, 5.74) is 10.3. The topological polar surface area (TPSA) is 38.0 Å². The Bertz CT molecular complexity index is 498. The second-order valence-corrected chi connectivity index (χ2v) is 5.39. The summed E-state index contributed by atoms with van der Waals surface area (Å²) in [6.07, 6.45) is 1.14. The molecule has 3 N–H and O–H groups in total. The van der Waals surface area contributed by atoms with Gasteiger partial charge in [0.05, 0.1) is 0 Å². The van der Waals surface area contributed by atoms with Crippen LogP contribution in [0.15, 0.2) is 48.5 Å². The Morgan fingerprint density at radius 3 is 2.05 bits per heavy atom. The minimum atomic E-state index is 0.702. The SMILES string of the molecule is CC(C)Cc1ccc(NCc2ccc(N)cc2)cc1. The molecule has 0 saturated heterocycles. The fourth-order valence-corrected chi connectivity index (χ4v) is 2.07. The number of rotatable bonds is 5. The summed E-state index contributed by atoms with van der Waals surface area (Å²) in [6, 6.07) is 16.7. The minimum absolute atomic E-state index is 0.702. The van der Waals surface area contributed by atoms with Gasteiger partial charge < -0.3 is 11.1 Å². The monoisotopic (exact) mass is 254 g/mol. The quantitative estimate of drug-likeness (QED) is 0.789. The predicted octanol–water partition coefficient (Wildman–Crippen LogP) is 4.08.